The topological polar surface area (TPSA) is 41.4 Å². The minimum atomic E-state index is 0.158. The number of hydrogen-bond acceptors (Lipinski definition) is 4. The van der Waals surface area contributed by atoms with E-state index >= 15 is 0 Å². The minimum Gasteiger partial charge on any atom is -0.336 e. The average molecular weight is 425 g/mol. The minimum absolute atomic E-state index is 0.158. The van der Waals surface area contributed by atoms with Gasteiger partial charge < -0.3 is 4.90 Å². The number of nitrogens with zero attached hydrogens (tertiary/aromatic N) is 4. The molecule has 6 heteroatoms. The van der Waals surface area contributed by atoms with Gasteiger partial charge in [-0.25, -0.2) is 0 Å². The maximum absolute atomic E-state index is 13.4. The Morgan fingerprint density at radius 2 is 1.93 bits per heavy atom. The second kappa shape index (κ2) is 8.75. The number of carbonyl (C=O) groups excluding carboxylic acids is 1. The van der Waals surface area contributed by atoms with Gasteiger partial charge in [-0.3, -0.25) is 14.4 Å². The molecule has 0 radical (unpaired) electrons. The molecule has 30 heavy (non-hydrogen) atoms. The molecule has 1 atom stereocenters. The second-order valence-electron chi connectivity index (χ2n) is 8.79. The van der Waals surface area contributed by atoms with E-state index in [0.717, 1.165) is 75.6 Å². The molecule has 0 N–H and O–H groups in total. The van der Waals surface area contributed by atoms with Crippen LogP contribution >= 0.6 is 11.8 Å². The summed E-state index contributed by atoms with van der Waals surface area (Å²) in [4.78, 5) is 18.0. The van der Waals surface area contributed by atoms with Crippen LogP contribution in [-0.2, 0) is 32.4 Å². The molecule has 0 bridgehead atoms. The SMILES string of the molecule is CCCn1nc(C(=O)N2CCSCC2)c2c1CCC(N1CCc3ccccc3C1)C2. The molecule has 1 aliphatic carbocycles. The predicted molar refractivity (Wildman–Crippen MR) is 122 cm³/mol. The first-order chi connectivity index (χ1) is 14.7. The molecule has 2 aromatic rings. The maximum Gasteiger partial charge on any atom is 0.274 e. The lowest BCUT2D eigenvalue weighted by molar-refractivity contribution is 0.0763. The van der Waals surface area contributed by atoms with Crippen LogP contribution in [0.1, 0.15) is 52.6 Å². The smallest absolute Gasteiger partial charge is 0.274 e. The van der Waals surface area contributed by atoms with Crippen molar-refractivity contribution in [2.45, 2.75) is 58.2 Å². The zero-order valence-corrected chi connectivity index (χ0v) is 18.8. The van der Waals surface area contributed by atoms with Crippen molar-refractivity contribution in [3.05, 3.63) is 52.3 Å². The van der Waals surface area contributed by atoms with Crippen LogP contribution in [0.15, 0.2) is 24.3 Å². The van der Waals surface area contributed by atoms with Crippen LogP contribution in [0.5, 0.6) is 0 Å². The van der Waals surface area contributed by atoms with Crippen LogP contribution in [-0.4, -0.2) is 62.7 Å². The van der Waals surface area contributed by atoms with Crippen LogP contribution in [0.25, 0.3) is 0 Å². The molecule has 1 amide bonds. The Morgan fingerprint density at radius 3 is 2.73 bits per heavy atom. The number of benzene rings is 1. The molecule has 3 heterocycles. The molecule has 1 aromatic heterocycles. The molecule has 1 unspecified atom stereocenters. The van der Waals surface area contributed by atoms with Gasteiger partial charge in [0, 0.05) is 61.5 Å². The molecule has 3 aliphatic rings. The van der Waals surface area contributed by atoms with Crippen LogP contribution in [0, 0.1) is 0 Å². The van der Waals surface area contributed by atoms with Crippen molar-refractivity contribution in [1.29, 1.82) is 0 Å². The Labute approximate surface area is 183 Å². The monoisotopic (exact) mass is 424 g/mol. The number of aryl methyl sites for hydroxylation is 1. The van der Waals surface area contributed by atoms with Crippen molar-refractivity contribution in [3.63, 3.8) is 0 Å². The summed E-state index contributed by atoms with van der Waals surface area (Å²) in [5, 5.41) is 4.87. The number of aromatic nitrogens is 2. The van der Waals surface area contributed by atoms with E-state index in [4.69, 9.17) is 5.10 Å². The lowest BCUT2D eigenvalue weighted by Crippen LogP contribution is -2.43. The highest BCUT2D eigenvalue weighted by molar-refractivity contribution is 7.99. The Bertz CT molecular complexity index is 918. The van der Waals surface area contributed by atoms with Crippen LogP contribution in [0.4, 0.5) is 0 Å². The standard InChI is InChI=1S/C24H32N4OS/c1-2-10-28-22-8-7-20(27-11-9-18-5-3-4-6-19(18)17-27)16-21(22)23(25-28)24(29)26-12-14-30-15-13-26/h3-6,20H,2,7-17H2,1H3. The second-order valence-corrected chi connectivity index (χ2v) is 10.0. The number of rotatable bonds is 4. The van der Waals surface area contributed by atoms with Crippen molar-refractivity contribution >= 4 is 17.7 Å². The van der Waals surface area contributed by atoms with Crippen molar-refractivity contribution < 1.29 is 4.79 Å². The molecule has 0 saturated carbocycles. The predicted octanol–water partition coefficient (Wildman–Crippen LogP) is 3.40. The Kier molecular flexibility index (Phi) is 5.87. The lowest BCUT2D eigenvalue weighted by Gasteiger charge is -2.38. The lowest BCUT2D eigenvalue weighted by atomic mass is 9.88. The molecular weight excluding hydrogens is 392 g/mol. The number of carbonyl (C=O) groups is 1. The fourth-order valence-corrected chi connectivity index (χ4v) is 6.20. The van der Waals surface area contributed by atoms with Crippen LogP contribution in [0.2, 0.25) is 0 Å². The highest BCUT2D eigenvalue weighted by atomic mass is 32.2. The molecule has 1 saturated heterocycles. The van der Waals surface area contributed by atoms with Gasteiger partial charge in [0.2, 0.25) is 0 Å². The van der Waals surface area contributed by atoms with Gasteiger partial charge in [-0.15, -0.1) is 0 Å². The van der Waals surface area contributed by atoms with E-state index in [-0.39, 0.29) is 5.91 Å². The number of hydrogen-bond donors (Lipinski definition) is 0. The zero-order valence-electron chi connectivity index (χ0n) is 18.0. The van der Waals surface area contributed by atoms with E-state index in [1.54, 1.807) is 0 Å². The Hall–Kier alpha value is -1.79. The van der Waals surface area contributed by atoms with Crippen LogP contribution < -0.4 is 0 Å². The normalized spacial score (nSPS) is 21.9. The maximum atomic E-state index is 13.4. The molecule has 1 aromatic carbocycles. The first-order valence-electron chi connectivity index (χ1n) is 11.5. The summed E-state index contributed by atoms with van der Waals surface area (Å²) < 4.78 is 2.14. The molecule has 0 spiro atoms. The third-order valence-corrected chi connectivity index (χ3v) is 7.88. The molecular formula is C24H32N4OS. The van der Waals surface area contributed by atoms with Gasteiger partial charge in [-0.2, -0.15) is 16.9 Å². The summed E-state index contributed by atoms with van der Waals surface area (Å²) in [6.07, 6.45) is 5.35. The van der Waals surface area contributed by atoms with Crippen LogP contribution in [0.3, 0.4) is 0 Å². The van der Waals surface area contributed by atoms with E-state index < -0.39 is 0 Å². The van der Waals surface area contributed by atoms with E-state index in [2.05, 4.69) is 40.8 Å². The first-order valence-corrected chi connectivity index (χ1v) is 12.7. The Morgan fingerprint density at radius 1 is 1.13 bits per heavy atom. The van der Waals surface area contributed by atoms with E-state index in [9.17, 15) is 4.79 Å². The summed E-state index contributed by atoms with van der Waals surface area (Å²) in [6.45, 7) is 6.95. The summed E-state index contributed by atoms with van der Waals surface area (Å²) in [5.41, 5.74) is 6.27. The van der Waals surface area contributed by atoms with Gasteiger partial charge in [-0.05, 0) is 43.2 Å². The number of thioether (sulfide) groups is 1. The van der Waals surface area contributed by atoms with Crippen molar-refractivity contribution in [3.8, 4) is 0 Å². The van der Waals surface area contributed by atoms with E-state index in [1.807, 2.05) is 16.7 Å². The first kappa shape index (κ1) is 20.1. The van der Waals surface area contributed by atoms with Gasteiger partial charge in [-0.1, -0.05) is 31.2 Å². The third kappa shape index (κ3) is 3.80. The van der Waals surface area contributed by atoms with Gasteiger partial charge in [0.1, 0.15) is 0 Å². The molecule has 1 fully saturated rings. The highest BCUT2D eigenvalue weighted by Gasteiger charge is 2.34. The Balaban J connectivity index is 1.40. The van der Waals surface area contributed by atoms with Crippen molar-refractivity contribution in [1.82, 2.24) is 19.6 Å². The number of fused-ring (bicyclic) bond motifs is 2. The van der Waals surface area contributed by atoms with Gasteiger partial charge in [0.15, 0.2) is 5.69 Å². The van der Waals surface area contributed by atoms with Gasteiger partial charge in [0.25, 0.3) is 5.91 Å². The third-order valence-electron chi connectivity index (χ3n) is 6.93. The largest absolute Gasteiger partial charge is 0.336 e. The fraction of sp³-hybridized carbons (Fsp3) is 0.583. The zero-order chi connectivity index (χ0) is 20.5. The van der Waals surface area contributed by atoms with E-state index in [1.165, 1.54) is 28.8 Å². The van der Waals surface area contributed by atoms with Crippen molar-refractivity contribution in [2.24, 2.45) is 0 Å². The summed E-state index contributed by atoms with van der Waals surface area (Å²) in [6, 6.07) is 9.37. The molecule has 5 nitrogen and oxygen atoms in total. The molecule has 5 rings (SSSR count). The van der Waals surface area contributed by atoms with E-state index in [0.29, 0.717) is 6.04 Å². The number of amides is 1. The molecule has 160 valence electrons. The van der Waals surface area contributed by atoms with Crippen molar-refractivity contribution in [2.75, 3.05) is 31.1 Å². The average Bonchev–Trinajstić information content (AvgIpc) is 3.17. The fourth-order valence-electron chi connectivity index (χ4n) is 5.30. The quantitative estimate of drug-likeness (QED) is 0.754. The summed E-state index contributed by atoms with van der Waals surface area (Å²) >= 11 is 1.94. The molecule has 2 aliphatic heterocycles. The summed E-state index contributed by atoms with van der Waals surface area (Å²) in [7, 11) is 0. The highest BCUT2D eigenvalue weighted by Crippen LogP contribution is 2.31. The summed E-state index contributed by atoms with van der Waals surface area (Å²) in [5.74, 6) is 2.24. The van der Waals surface area contributed by atoms with Gasteiger partial charge in [0.05, 0.1) is 0 Å². The van der Waals surface area contributed by atoms with Gasteiger partial charge >= 0.3 is 0 Å².